The number of carbonyl (C=O) groups is 1. The zero-order chi connectivity index (χ0) is 14.1. The number of nitrogens with one attached hydrogen (secondary N) is 2. The molecular weight excluding hydrogens is 254 g/mol. The highest BCUT2D eigenvalue weighted by molar-refractivity contribution is 5.96. The summed E-state index contributed by atoms with van der Waals surface area (Å²) in [4.78, 5) is 19.5. The third-order valence-corrected chi connectivity index (χ3v) is 3.13. The van der Waals surface area contributed by atoms with Crippen molar-refractivity contribution in [1.29, 1.82) is 0 Å². The van der Waals surface area contributed by atoms with Crippen molar-refractivity contribution in [3.8, 4) is 0 Å². The fourth-order valence-electron chi connectivity index (χ4n) is 2.08. The summed E-state index contributed by atoms with van der Waals surface area (Å²) in [6.07, 6.45) is 1.74. The fraction of sp³-hybridized carbons (Fsp3) is 0.200. The van der Waals surface area contributed by atoms with Crippen molar-refractivity contribution in [3.63, 3.8) is 0 Å². The van der Waals surface area contributed by atoms with E-state index in [1.54, 1.807) is 12.3 Å². The summed E-state index contributed by atoms with van der Waals surface area (Å²) in [5.74, 6) is 0.788. The number of aromatic amines is 1. The van der Waals surface area contributed by atoms with Gasteiger partial charge in [0, 0.05) is 17.3 Å². The smallest absolute Gasteiger partial charge is 0.287 e. The highest BCUT2D eigenvalue weighted by Crippen LogP contribution is 2.19. The Morgan fingerprint density at radius 1 is 1.40 bits per heavy atom. The first-order valence-corrected chi connectivity index (χ1v) is 6.44. The number of para-hydroxylation sites is 1. The van der Waals surface area contributed by atoms with Crippen molar-refractivity contribution >= 4 is 16.9 Å². The van der Waals surface area contributed by atoms with E-state index in [0.29, 0.717) is 11.3 Å². The van der Waals surface area contributed by atoms with E-state index < -0.39 is 0 Å². The highest BCUT2D eigenvalue weighted by atomic mass is 16.3. The van der Waals surface area contributed by atoms with E-state index in [0.717, 1.165) is 16.9 Å². The number of nitrogens with zero attached hydrogens (tertiary/aromatic N) is 1. The van der Waals surface area contributed by atoms with Gasteiger partial charge in [0.25, 0.3) is 5.91 Å². The number of H-pyrrole nitrogens is 1. The lowest BCUT2D eigenvalue weighted by molar-refractivity contribution is 0.0912. The van der Waals surface area contributed by atoms with E-state index in [-0.39, 0.29) is 11.9 Å². The van der Waals surface area contributed by atoms with Crippen LogP contribution in [-0.2, 0) is 0 Å². The number of aromatic nitrogens is 2. The van der Waals surface area contributed by atoms with Crippen molar-refractivity contribution in [3.05, 3.63) is 53.8 Å². The molecule has 2 heterocycles. The Bertz CT molecular complexity index is 724. The van der Waals surface area contributed by atoms with Crippen molar-refractivity contribution in [2.45, 2.75) is 19.9 Å². The van der Waals surface area contributed by atoms with Crippen LogP contribution in [0.1, 0.15) is 35.0 Å². The summed E-state index contributed by atoms with van der Waals surface area (Å²) in [7, 11) is 0. The standard InChI is InChI=1S/C15H15N3O2/c1-9-8-16-14(17-9)10(2)18-15(19)13-7-11-5-3-4-6-12(11)20-13/h3-8,10H,1-2H3,(H,16,17)(H,18,19)/t10-/m1/s1. The Morgan fingerprint density at radius 2 is 2.20 bits per heavy atom. The van der Waals surface area contributed by atoms with Gasteiger partial charge in [-0.2, -0.15) is 0 Å². The van der Waals surface area contributed by atoms with Gasteiger partial charge in [0.1, 0.15) is 11.4 Å². The van der Waals surface area contributed by atoms with Crippen molar-refractivity contribution in [1.82, 2.24) is 15.3 Å². The minimum absolute atomic E-state index is 0.204. The number of benzene rings is 1. The van der Waals surface area contributed by atoms with Crippen LogP contribution >= 0.6 is 0 Å². The molecule has 5 heteroatoms. The van der Waals surface area contributed by atoms with Crippen LogP contribution in [-0.4, -0.2) is 15.9 Å². The topological polar surface area (TPSA) is 70.9 Å². The maximum Gasteiger partial charge on any atom is 0.287 e. The molecule has 1 amide bonds. The van der Waals surface area contributed by atoms with Gasteiger partial charge in [0.05, 0.1) is 6.04 Å². The van der Waals surface area contributed by atoms with Crippen LogP contribution in [0, 0.1) is 6.92 Å². The normalized spacial score (nSPS) is 12.5. The zero-order valence-electron chi connectivity index (χ0n) is 11.3. The number of aryl methyl sites for hydroxylation is 1. The van der Waals surface area contributed by atoms with Crippen molar-refractivity contribution in [2.24, 2.45) is 0 Å². The fourth-order valence-corrected chi connectivity index (χ4v) is 2.08. The summed E-state index contributed by atoms with van der Waals surface area (Å²) in [5.41, 5.74) is 1.67. The largest absolute Gasteiger partial charge is 0.451 e. The molecule has 0 aliphatic rings. The number of furan rings is 1. The summed E-state index contributed by atoms with van der Waals surface area (Å²) in [5, 5.41) is 3.78. The van der Waals surface area contributed by atoms with Gasteiger partial charge >= 0.3 is 0 Å². The third kappa shape index (κ3) is 2.30. The lowest BCUT2D eigenvalue weighted by Gasteiger charge is -2.09. The molecule has 1 aromatic carbocycles. The number of fused-ring (bicyclic) bond motifs is 1. The van der Waals surface area contributed by atoms with Gasteiger partial charge < -0.3 is 14.7 Å². The maximum atomic E-state index is 12.2. The highest BCUT2D eigenvalue weighted by Gasteiger charge is 2.16. The minimum atomic E-state index is -0.247. The van der Waals surface area contributed by atoms with Crippen LogP contribution in [0.2, 0.25) is 0 Å². The molecule has 3 aromatic rings. The van der Waals surface area contributed by atoms with Gasteiger partial charge in [-0.25, -0.2) is 4.98 Å². The monoisotopic (exact) mass is 269 g/mol. The molecule has 102 valence electrons. The van der Waals surface area contributed by atoms with E-state index in [4.69, 9.17) is 4.42 Å². The second kappa shape index (κ2) is 4.85. The Balaban J connectivity index is 1.78. The molecule has 0 fully saturated rings. The number of imidazole rings is 1. The molecule has 0 radical (unpaired) electrons. The Hall–Kier alpha value is -2.56. The van der Waals surface area contributed by atoms with Crippen LogP contribution in [0.15, 0.2) is 40.9 Å². The van der Waals surface area contributed by atoms with Gasteiger partial charge in [-0.3, -0.25) is 4.79 Å². The maximum absolute atomic E-state index is 12.2. The first kappa shape index (κ1) is 12.5. The summed E-state index contributed by atoms with van der Waals surface area (Å²) in [6.45, 7) is 3.79. The lowest BCUT2D eigenvalue weighted by atomic mass is 10.2. The Labute approximate surface area is 116 Å². The predicted octanol–water partition coefficient (Wildman–Crippen LogP) is 2.96. The van der Waals surface area contributed by atoms with Crippen LogP contribution in [0.5, 0.6) is 0 Å². The zero-order valence-corrected chi connectivity index (χ0v) is 11.3. The molecule has 3 rings (SSSR count). The summed E-state index contributed by atoms with van der Waals surface area (Å²) >= 11 is 0. The van der Waals surface area contributed by atoms with Crippen LogP contribution in [0.3, 0.4) is 0 Å². The SMILES string of the molecule is Cc1cnc([C@@H](C)NC(=O)c2cc3ccccc3o2)[nH]1. The number of amides is 1. The van der Waals surface area contributed by atoms with Gasteiger partial charge in [-0.1, -0.05) is 18.2 Å². The Morgan fingerprint density at radius 3 is 2.90 bits per heavy atom. The molecule has 0 aliphatic heterocycles. The Kier molecular flexibility index (Phi) is 3.02. The molecule has 0 aliphatic carbocycles. The van der Waals surface area contributed by atoms with E-state index in [2.05, 4.69) is 15.3 Å². The van der Waals surface area contributed by atoms with Crippen LogP contribution in [0.4, 0.5) is 0 Å². The average molecular weight is 269 g/mol. The van der Waals surface area contributed by atoms with Gasteiger partial charge in [-0.15, -0.1) is 0 Å². The van der Waals surface area contributed by atoms with E-state index in [1.807, 2.05) is 38.1 Å². The van der Waals surface area contributed by atoms with E-state index in [9.17, 15) is 4.79 Å². The summed E-state index contributed by atoms with van der Waals surface area (Å²) < 4.78 is 5.53. The number of hydrogen-bond acceptors (Lipinski definition) is 3. The van der Waals surface area contributed by atoms with Crippen LogP contribution in [0.25, 0.3) is 11.0 Å². The van der Waals surface area contributed by atoms with E-state index >= 15 is 0 Å². The van der Waals surface area contributed by atoms with Gasteiger partial charge in [0.15, 0.2) is 5.76 Å². The molecular formula is C15H15N3O2. The summed E-state index contributed by atoms with van der Waals surface area (Å²) in [6, 6.07) is 9.07. The number of rotatable bonds is 3. The molecule has 0 saturated carbocycles. The van der Waals surface area contributed by atoms with Gasteiger partial charge in [-0.05, 0) is 26.0 Å². The quantitative estimate of drug-likeness (QED) is 0.768. The first-order valence-electron chi connectivity index (χ1n) is 6.44. The predicted molar refractivity (Wildman–Crippen MR) is 75.4 cm³/mol. The average Bonchev–Trinajstić information content (AvgIpc) is 3.04. The molecule has 0 bridgehead atoms. The van der Waals surface area contributed by atoms with Crippen molar-refractivity contribution in [2.75, 3.05) is 0 Å². The molecule has 2 N–H and O–H groups in total. The number of carbonyl (C=O) groups excluding carboxylic acids is 1. The second-order valence-electron chi connectivity index (χ2n) is 4.80. The second-order valence-corrected chi connectivity index (χ2v) is 4.80. The third-order valence-electron chi connectivity index (χ3n) is 3.13. The van der Waals surface area contributed by atoms with Crippen molar-refractivity contribution < 1.29 is 9.21 Å². The van der Waals surface area contributed by atoms with E-state index in [1.165, 1.54) is 0 Å². The van der Waals surface area contributed by atoms with Gasteiger partial charge in [0.2, 0.25) is 0 Å². The number of hydrogen-bond donors (Lipinski definition) is 2. The molecule has 2 aromatic heterocycles. The molecule has 0 unspecified atom stereocenters. The molecule has 20 heavy (non-hydrogen) atoms. The lowest BCUT2D eigenvalue weighted by Crippen LogP contribution is -2.26. The molecule has 5 nitrogen and oxygen atoms in total. The van der Waals surface area contributed by atoms with Crippen LogP contribution < -0.4 is 5.32 Å². The molecule has 0 saturated heterocycles. The molecule has 1 atom stereocenters. The first-order chi connectivity index (χ1) is 9.63. The minimum Gasteiger partial charge on any atom is -0.451 e. The molecule has 0 spiro atoms.